The number of nitrogens with one attached hydrogen (secondary N) is 2. The number of aromatic nitrogens is 3. The molecule has 0 bridgehead atoms. The molecule has 1 aromatic heterocycles. The number of hydrogen-bond donors (Lipinski definition) is 2. The van der Waals surface area contributed by atoms with Crippen LogP contribution in [0.4, 0.5) is 0 Å². The fourth-order valence-electron chi connectivity index (χ4n) is 2.21. The molecule has 84 valence electrons. The standard InChI is InChI=1S/C11H20N4/c1-12-8-7-10-13-11(15-14-10)9-5-3-2-4-6-9/h9,12H,2-8H2,1H3,(H,13,14,15). The van der Waals surface area contributed by atoms with Crippen LogP contribution in [0.1, 0.15) is 49.7 Å². The Labute approximate surface area is 90.9 Å². The van der Waals surface area contributed by atoms with Crippen LogP contribution < -0.4 is 5.32 Å². The molecule has 1 saturated carbocycles. The highest BCUT2D eigenvalue weighted by atomic mass is 15.2. The fourth-order valence-corrected chi connectivity index (χ4v) is 2.21. The molecule has 1 aliphatic rings. The average molecular weight is 208 g/mol. The van der Waals surface area contributed by atoms with E-state index < -0.39 is 0 Å². The van der Waals surface area contributed by atoms with Crippen LogP contribution >= 0.6 is 0 Å². The molecule has 2 N–H and O–H groups in total. The maximum atomic E-state index is 4.56. The molecule has 0 aliphatic heterocycles. The van der Waals surface area contributed by atoms with E-state index in [9.17, 15) is 0 Å². The van der Waals surface area contributed by atoms with E-state index in [1.165, 1.54) is 32.1 Å². The van der Waals surface area contributed by atoms with Gasteiger partial charge >= 0.3 is 0 Å². The van der Waals surface area contributed by atoms with Gasteiger partial charge in [-0.1, -0.05) is 19.3 Å². The molecule has 1 aliphatic carbocycles. The van der Waals surface area contributed by atoms with E-state index in [2.05, 4.69) is 20.5 Å². The van der Waals surface area contributed by atoms with Crippen LogP contribution in [0.25, 0.3) is 0 Å². The van der Waals surface area contributed by atoms with E-state index in [1.54, 1.807) is 0 Å². The van der Waals surface area contributed by atoms with Crippen LogP contribution in [0, 0.1) is 0 Å². The lowest BCUT2D eigenvalue weighted by Gasteiger charge is -2.17. The molecule has 1 aromatic rings. The highest BCUT2D eigenvalue weighted by Gasteiger charge is 2.19. The SMILES string of the molecule is CNCCc1nc(C2CCCCC2)n[nH]1. The summed E-state index contributed by atoms with van der Waals surface area (Å²) >= 11 is 0. The topological polar surface area (TPSA) is 53.6 Å². The van der Waals surface area contributed by atoms with Gasteiger partial charge in [-0.05, 0) is 19.9 Å². The van der Waals surface area contributed by atoms with Crippen molar-refractivity contribution in [1.82, 2.24) is 20.5 Å². The summed E-state index contributed by atoms with van der Waals surface area (Å²) in [6.07, 6.45) is 7.53. The van der Waals surface area contributed by atoms with Crippen LogP contribution in [-0.2, 0) is 6.42 Å². The van der Waals surface area contributed by atoms with Crippen molar-refractivity contribution in [1.29, 1.82) is 0 Å². The van der Waals surface area contributed by atoms with Gasteiger partial charge in [0.05, 0.1) is 0 Å². The van der Waals surface area contributed by atoms with Crippen molar-refractivity contribution < 1.29 is 0 Å². The molecule has 1 heterocycles. The Morgan fingerprint density at radius 1 is 1.33 bits per heavy atom. The Kier molecular flexibility index (Phi) is 3.72. The Morgan fingerprint density at radius 2 is 2.13 bits per heavy atom. The number of rotatable bonds is 4. The van der Waals surface area contributed by atoms with Gasteiger partial charge in [0.15, 0.2) is 5.82 Å². The summed E-state index contributed by atoms with van der Waals surface area (Å²) in [5, 5.41) is 10.5. The third-order valence-corrected chi connectivity index (χ3v) is 3.13. The van der Waals surface area contributed by atoms with Crippen molar-refractivity contribution in [3.8, 4) is 0 Å². The predicted octanol–water partition coefficient (Wildman–Crippen LogP) is 1.61. The van der Waals surface area contributed by atoms with Gasteiger partial charge in [-0.3, -0.25) is 5.10 Å². The third kappa shape index (κ3) is 2.78. The Morgan fingerprint density at radius 3 is 2.87 bits per heavy atom. The van der Waals surface area contributed by atoms with Crippen LogP contribution in [-0.4, -0.2) is 28.8 Å². The predicted molar refractivity (Wildman–Crippen MR) is 59.8 cm³/mol. The zero-order chi connectivity index (χ0) is 10.5. The number of hydrogen-bond acceptors (Lipinski definition) is 3. The van der Waals surface area contributed by atoms with Gasteiger partial charge in [0.25, 0.3) is 0 Å². The van der Waals surface area contributed by atoms with Crippen molar-refractivity contribution in [2.24, 2.45) is 0 Å². The minimum atomic E-state index is 0.610. The monoisotopic (exact) mass is 208 g/mol. The summed E-state index contributed by atoms with van der Waals surface area (Å²) in [7, 11) is 1.96. The van der Waals surface area contributed by atoms with Gasteiger partial charge in [0.2, 0.25) is 0 Å². The van der Waals surface area contributed by atoms with E-state index in [1.807, 2.05) is 7.05 Å². The highest BCUT2D eigenvalue weighted by molar-refractivity contribution is 4.99. The summed E-state index contributed by atoms with van der Waals surface area (Å²) in [5.41, 5.74) is 0. The second kappa shape index (κ2) is 5.26. The molecule has 0 amide bonds. The summed E-state index contributed by atoms with van der Waals surface area (Å²) in [6, 6.07) is 0. The quantitative estimate of drug-likeness (QED) is 0.790. The number of aromatic amines is 1. The minimum Gasteiger partial charge on any atom is -0.319 e. The average Bonchev–Trinajstić information content (AvgIpc) is 2.76. The molecule has 0 unspecified atom stereocenters. The minimum absolute atomic E-state index is 0.610. The third-order valence-electron chi connectivity index (χ3n) is 3.13. The maximum Gasteiger partial charge on any atom is 0.153 e. The molecule has 15 heavy (non-hydrogen) atoms. The van der Waals surface area contributed by atoms with Crippen LogP contribution in [0.15, 0.2) is 0 Å². The van der Waals surface area contributed by atoms with Crippen molar-refractivity contribution in [3.05, 3.63) is 11.6 Å². The first-order valence-corrected chi connectivity index (χ1v) is 5.96. The second-order valence-corrected chi connectivity index (χ2v) is 4.33. The lowest BCUT2D eigenvalue weighted by molar-refractivity contribution is 0.429. The number of likely N-dealkylation sites (N-methyl/N-ethyl adjacent to an activating group) is 1. The molecule has 2 rings (SSSR count). The van der Waals surface area contributed by atoms with Gasteiger partial charge in [-0.15, -0.1) is 0 Å². The summed E-state index contributed by atoms with van der Waals surface area (Å²) < 4.78 is 0. The lowest BCUT2D eigenvalue weighted by atomic mass is 9.89. The molecule has 4 nitrogen and oxygen atoms in total. The van der Waals surface area contributed by atoms with Crippen molar-refractivity contribution in [3.63, 3.8) is 0 Å². The zero-order valence-electron chi connectivity index (χ0n) is 9.42. The fraction of sp³-hybridized carbons (Fsp3) is 0.818. The molecule has 0 aromatic carbocycles. The van der Waals surface area contributed by atoms with Gasteiger partial charge in [0, 0.05) is 18.9 Å². The summed E-state index contributed by atoms with van der Waals surface area (Å²) in [5.74, 6) is 2.67. The summed E-state index contributed by atoms with van der Waals surface area (Å²) in [4.78, 5) is 4.56. The maximum absolute atomic E-state index is 4.56. The second-order valence-electron chi connectivity index (χ2n) is 4.33. The largest absolute Gasteiger partial charge is 0.319 e. The first kappa shape index (κ1) is 10.6. The first-order valence-electron chi connectivity index (χ1n) is 5.96. The number of nitrogens with zero attached hydrogens (tertiary/aromatic N) is 2. The highest BCUT2D eigenvalue weighted by Crippen LogP contribution is 2.30. The van der Waals surface area contributed by atoms with E-state index in [0.717, 1.165) is 24.6 Å². The molecule has 0 saturated heterocycles. The molecule has 0 spiro atoms. The van der Waals surface area contributed by atoms with E-state index in [4.69, 9.17) is 0 Å². The van der Waals surface area contributed by atoms with Crippen LogP contribution in [0.2, 0.25) is 0 Å². The first-order chi connectivity index (χ1) is 7.40. The van der Waals surface area contributed by atoms with Crippen molar-refractivity contribution in [2.45, 2.75) is 44.4 Å². The van der Waals surface area contributed by atoms with Gasteiger partial charge in [-0.25, -0.2) is 4.98 Å². The van der Waals surface area contributed by atoms with Crippen molar-refractivity contribution in [2.75, 3.05) is 13.6 Å². The molecular weight excluding hydrogens is 188 g/mol. The number of H-pyrrole nitrogens is 1. The molecular formula is C11H20N4. The molecule has 0 radical (unpaired) electrons. The Hall–Kier alpha value is -0.900. The van der Waals surface area contributed by atoms with E-state index >= 15 is 0 Å². The molecule has 0 atom stereocenters. The Balaban J connectivity index is 1.93. The smallest absolute Gasteiger partial charge is 0.153 e. The van der Waals surface area contributed by atoms with Gasteiger partial charge in [0.1, 0.15) is 5.82 Å². The molecule has 1 fully saturated rings. The van der Waals surface area contributed by atoms with E-state index in [0.29, 0.717) is 5.92 Å². The summed E-state index contributed by atoms with van der Waals surface area (Å²) in [6.45, 7) is 0.958. The molecule has 4 heteroatoms. The van der Waals surface area contributed by atoms with Gasteiger partial charge < -0.3 is 5.32 Å². The van der Waals surface area contributed by atoms with Crippen LogP contribution in [0.3, 0.4) is 0 Å². The van der Waals surface area contributed by atoms with Crippen LogP contribution in [0.5, 0.6) is 0 Å². The van der Waals surface area contributed by atoms with Crippen molar-refractivity contribution >= 4 is 0 Å². The lowest BCUT2D eigenvalue weighted by Crippen LogP contribution is -2.11. The zero-order valence-corrected chi connectivity index (χ0v) is 9.42. The van der Waals surface area contributed by atoms with E-state index in [-0.39, 0.29) is 0 Å². The Bertz CT molecular complexity index is 289. The normalized spacial score (nSPS) is 18.2. The van der Waals surface area contributed by atoms with Gasteiger partial charge in [-0.2, -0.15) is 5.10 Å².